The zero-order valence-corrected chi connectivity index (χ0v) is 19.8. The zero-order valence-electron chi connectivity index (χ0n) is 18.3. The number of thiocarbonyl (C=S) groups is 1. The van der Waals surface area contributed by atoms with Crippen molar-refractivity contribution < 1.29 is 23.9 Å². The molecule has 172 valence electrons. The number of nitrogens with zero attached hydrogens (tertiary/aromatic N) is 2. The molecule has 1 aliphatic heterocycles. The van der Waals surface area contributed by atoms with Gasteiger partial charge in [0.25, 0.3) is 17.7 Å². The fraction of sp³-hybridized carbons (Fsp3) is 0.217. The molecule has 2 aromatic carbocycles. The number of amides is 3. The van der Waals surface area contributed by atoms with Crippen LogP contribution in [0.2, 0.25) is 5.02 Å². The van der Waals surface area contributed by atoms with Crippen LogP contribution in [0.1, 0.15) is 12.5 Å². The van der Waals surface area contributed by atoms with E-state index in [9.17, 15) is 14.4 Å². The van der Waals surface area contributed by atoms with Crippen molar-refractivity contribution in [1.82, 2.24) is 9.80 Å². The molecule has 8 nitrogen and oxygen atoms in total. The number of benzene rings is 2. The second kappa shape index (κ2) is 10.5. The molecule has 1 aliphatic rings. The minimum atomic E-state index is -0.518. The van der Waals surface area contributed by atoms with Crippen molar-refractivity contribution in [3.8, 4) is 11.5 Å². The Morgan fingerprint density at radius 2 is 1.73 bits per heavy atom. The van der Waals surface area contributed by atoms with Crippen molar-refractivity contribution in [2.24, 2.45) is 0 Å². The number of hydrogen-bond acceptors (Lipinski definition) is 6. The van der Waals surface area contributed by atoms with Crippen LogP contribution in [-0.4, -0.2) is 59.9 Å². The summed E-state index contributed by atoms with van der Waals surface area (Å²) in [5.74, 6) is -0.950. The van der Waals surface area contributed by atoms with Gasteiger partial charge in [-0.15, -0.1) is 0 Å². The van der Waals surface area contributed by atoms with Crippen LogP contribution in [0.25, 0.3) is 6.08 Å². The van der Waals surface area contributed by atoms with Gasteiger partial charge in [0.1, 0.15) is 5.57 Å². The smallest absolute Gasteiger partial charge is 0.265 e. The maximum atomic E-state index is 12.6. The van der Waals surface area contributed by atoms with E-state index in [-0.39, 0.29) is 39.7 Å². The van der Waals surface area contributed by atoms with E-state index in [2.05, 4.69) is 5.32 Å². The molecule has 3 rings (SSSR count). The minimum absolute atomic E-state index is 0.0666. The van der Waals surface area contributed by atoms with E-state index in [0.29, 0.717) is 17.9 Å². The Balaban J connectivity index is 1.84. The standard InChI is InChI=1S/C23H22ClN3O5S/c1-4-31-18-12-14(10-16-21(29)26(2)23(33)27(3)22(16)30)11-17(24)20(18)32-13-19(28)25-15-8-6-5-7-9-15/h5-12H,4,13H2,1-3H3,(H,25,28). The molecule has 0 aliphatic carbocycles. The van der Waals surface area contributed by atoms with Crippen LogP contribution in [0.4, 0.5) is 5.69 Å². The summed E-state index contributed by atoms with van der Waals surface area (Å²) in [6.45, 7) is 1.80. The lowest BCUT2D eigenvalue weighted by Crippen LogP contribution is -2.52. The monoisotopic (exact) mass is 487 g/mol. The number of carbonyl (C=O) groups excluding carboxylic acids is 3. The summed E-state index contributed by atoms with van der Waals surface area (Å²) < 4.78 is 11.3. The van der Waals surface area contributed by atoms with E-state index in [1.807, 2.05) is 6.07 Å². The number of hydrogen-bond donors (Lipinski definition) is 1. The molecule has 0 bridgehead atoms. The zero-order chi connectivity index (χ0) is 24.1. The van der Waals surface area contributed by atoms with Crippen molar-refractivity contribution in [2.75, 3.05) is 32.6 Å². The molecule has 10 heteroatoms. The summed E-state index contributed by atoms with van der Waals surface area (Å²) in [7, 11) is 2.99. The lowest BCUT2D eigenvalue weighted by Gasteiger charge is -2.31. The third-order valence-electron chi connectivity index (χ3n) is 4.69. The lowest BCUT2D eigenvalue weighted by atomic mass is 10.1. The predicted octanol–water partition coefficient (Wildman–Crippen LogP) is 3.35. The van der Waals surface area contributed by atoms with Gasteiger partial charge in [-0.25, -0.2) is 0 Å². The molecule has 0 atom stereocenters. The lowest BCUT2D eigenvalue weighted by molar-refractivity contribution is -0.132. The number of carbonyl (C=O) groups is 3. The summed E-state index contributed by atoms with van der Waals surface area (Å²) in [6, 6.07) is 12.1. The van der Waals surface area contributed by atoms with Gasteiger partial charge >= 0.3 is 0 Å². The average molecular weight is 488 g/mol. The molecule has 0 spiro atoms. The van der Waals surface area contributed by atoms with Crippen LogP contribution in [0.5, 0.6) is 11.5 Å². The average Bonchev–Trinajstić information content (AvgIpc) is 2.79. The number of rotatable bonds is 7. The Morgan fingerprint density at radius 3 is 2.33 bits per heavy atom. The Hall–Kier alpha value is -3.43. The second-order valence-electron chi connectivity index (χ2n) is 7.03. The van der Waals surface area contributed by atoms with Gasteiger partial charge in [0.05, 0.1) is 11.6 Å². The molecule has 0 radical (unpaired) electrons. The van der Waals surface area contributed by atoms with Gasteiger partial charge in [-0.3, -0.25) is 24.2 Å². The summed E-state index contributed by atoms with van der Waals surface area (Å²) in [5.41, 5.74) is 1.03. The first-order chi connectivity index (χ1) is 15.7. The van der Waals surface area contributed by atoms with Crippen molar-refractivity contribution in [3.63, 3.8) is 0 Å². The van der Waals surface area contributed by atoms with E-state index >= 15 is 0 Å². The van der Waals surface area contributed by atoms with Gasteiger partial charge in [0, 0.05) is 19.8 Å². The molecule has 3 amide bonds. The van der Waals surface area contributed by atoms with E-state index in [1.165, 1.54) is 36.0 Å². The van der Waals surface area contributed by atoms with Crippen molar-refractivity contribution in [3.05, 3.63) is 58.6 Å². The van der Waals surface area contributed by atoms with Crippen molar-refractivity contribution >= 4 is 58.4 Å². The highest BCUT2D eigenvalue weighted by Gasteiger charge is 2.35. The molecule has 0 unspecified atom stereocenters. The largest absolute Gasteiger partial charge is 0.490 e. The molecular weight excluding hydrogens is 466 g/mol. The number of para-hydroxylation sites is 1. The molecule has 1 heterocycles. The summed E-state index contributed by atoms with van der Waals surface area (Å²) in [5, 5.41) is 3.00. The summed E-state index contributed by atoms with van der Waals surface area (Å²) >= 11 is 11.5. The SMILES string of the molecule is CCOc1cc(C=C2C(=O)N(C)C(=S)N(C)C2=O)cc(Cl)c1OCC(=O)Nc1ccccc1. The van der Waals surface area contributed by atoms with Gasteiger partial charge in [-0.05, 0) is 55.0 Å². The molecule has 0 saturated carbocycles. The maximum absolute atomic E-state index is 12.6. The van der Waals surface area contributed by atoms with Crippen LogP contribution in [0, 0.1) is 0 Å². The van der Waals surface area contributed by atoms with Crippen LogP contribution >= 0.6 is 23.8 Å². The maximum Gasteiger partial charge on any atom is 0.265 e. The van der Waals surface area contributed by atoms with Gasteiger partial charge in [0.15, 0.2) is 23.2 Å². The molecule has 1 saturated heterocycles. The highest BCUT2D eigenvalue weighted by atomic mass is 35.5. The normalized spacial score (nSPS) is 13.8. The van der Waals surface area contributed by atoms with E-state index in [4.69, 9.17) is 33.3 Å². The third kappa shape index (κ3) is 5.50. The number of likely N-dealkylation sites (N-methyl/N-ethyl adjacent to an activating group) is 2. The first-order valence-corrected chi connectivity index (χ1v) is 10.8. The van der Waals surface area contributed by atoms with E-state index in [0.717, 1.165) is 0 Å². The van der Waals surface area contributed by atoms with Crippen molar-refractivity contribution in [2.45, 2.75) is 6.92 Å². The predicted molar refractivity (Wildman–Crippen MR) is 129 cm³/mol. The molecule has 33 heavy (non-hydrogen) atoms. The quantitative estimate of drug-likeness (QED) is 0.366. The van der Waals surface area contributed by atoms with Crippen LogP contribution in [-0.2, 0) is 14.4 Å². The summed E-state index contributed by atoms with van der Waals surface area (Å²) in [4.78, 5) is 39.8. The third-order valence-corrected chi connectivity index (χ3v) is 5.52. The fourth-order valence-electron chi connectivity index (χ4n) is 3.07. The van der Waals surface area contributed by atoms with Gasteiger partial charge in [-0.2, -0.15) is 0 Å². The number of halogens is 1. The first-order valence-electron chi connectivity index (χ1n) is 9.98. The first kappa shape index (κ1) is 24.2. The van der Waals surface area contributed by atoms with Gasteiger partial charge in [0.2, 0.25) is 0 Å². The molecule has 2 aromatic rings. The Bertz CT molecular complexity index is 1110. The number of anilines is 1. The number of nitrogens with one attached hydrogen (secondary N) is 1. The Labute approximate surface area is 201 Å². The van der Waals surface area contributed by atoms with Crippen LogP contribution in [0.3, 0.4) is 0 Å². The molecule has 0 aromatic heterocycles. The Kier molecular flexibility index (Phi) is 7.67. The summed E-state index contributed by atoms with van der Waals surface area (Å²) in [6.07, 6.45) is 1.42. The molecule has 1 N–H and O–H groups in total. The van der Waals surface area contributed by atoms with Gasteiger partial charge in [-0.1, -0.05) is 29.8 Å². The Morgan fingerprint density at radius 1 is 1.09 bits per heavy atom. The number of ether oxygens (including phenoxy) is 2. The topological polar surface area (TPSA) is 88.2 Å². The van der Waals surface area contributed by atoms with Crippen LogP contribution < -0.4 is 14.8 Å². The van der Waals surface area contributed by atoms with E-state index in [1.54, 1.807) is 37.3 Å². The van der Waals surface area contributed by atoms with Crippen LogP contribution in [0.15, 0.2) is 48.0 Å². The molecule has 1 fully saturated rings. The van der Waals surface area contributed by atoms with E-state index < -0.39 is 11.8 Å². The second-order valence-corrected chi connectivity index (χ2v) is 7.81. The molecular formula is C23H22ClN3O5S. The fourth-order valence-corrected chi connectivity index (χ4v) is 3.51. The van der Waals surface area contributed by atoms with Gasteiger partial charge < -0.3 is 14.8 Å². The highest BCUT2D eigenvalue weighted by Crippen LogP contribution is 2.37. The highest BCUT2D eigenvalue weighted by molar-refractivity contribution is 7.80. The van der Waals surface area contributed by atoms with Crippen molar-refractivity contribution in [1.29, 1.82) is 0 Å². The minimum Gasteiger partial charge on any atom is -0.490 e.